The van der Waals surface area contributed by atoms with E-state index in [-0.39, 0.29) is 25.1 Å². The number of carbonyl (C=O) groups excluding carboxylic acids is 1. The van der Waals surface area contributed by atoms with Crippen LogP contribution in [0.3, 0.4) is 0 Å². The summed E-state index contributed by atoms with van der Waals surface area (Å²) in [5.74, 6) is -2.28. The van der Waals surface area contributed by atoms with Crippen LogP contribution in [-0.4, -0.2) is 53.4 Å². The normalized spacial score (nSPS) is 19.5. The highest BCUT2D eigenvalue weighted by Crippen LogP contribution is 2.39. The lowest BCUT2D eigenvalue weighted by Gasteiger charge is -2.23. The summed E-state index contributed by atoms with van der Waals surface area (Å²) in [6.45, 7) is 0.365. The molecule has 2 fully saturated rings. The molecule has 0 spiro atoms. The number of ether oxygens (including phenoxy) is 2. The second-order valence-corrected chi connectivity index (χ2v) is 8.77. The van der Waals surface area contributed by atoms with Crippen LogP contribution in [0.5, 0.6) is 5.75 Å². The van der Waals surface area contributed by atoms with Crippen molar-refractivity contribution in [2.45, 2.75) is 37.8 Å². The number of methoxy groups -OCH3 is 1. The van der Waals surface area contributed by atoms with Gasteiger partial charge in [0.05, 0.1) is 25.0 Å². The highest BCUT2D eigenvalue weighted by atomic mass is 19.3. The number of carbonyl (C=O) groups is 1. The number of aromatic nitrogens is 3. The number of alkyl halides is 2. The summed E-state index contributed by atoms with van der Waals surface area (Å²) >= 11 is 0. The first kappa shape index (κ1) is 23.2. The first-order valence-corrected chi connectivity index (χ1v) is 11.7. The van der Waals surface area contributed by atoms with E-state index >= 15 is 0 Å². The van der Waals surface area contributed by atoms with Gasteiger partial charge in [-0.15, -0.1) is 0 Å². The molecule has 4 heterocycles. The van der Waals surface area contributed by atoms with Crippen molar-refractivity contribution in [2.75, 3.05) is 37.0 Å². The van der Waals surface area contributed by atoms with Crippen molar-refractivity contribution < 1.29 is 23.0 Å². The van der Waals surface area contributed by atoms with E-state index in [1.54, 1.807) is 48.3 Å². The molecule has 10 heteroatoms. The number of nitrogens with one attached hydrogen (secondary N) is 1. The molecule has 0 saturated carbocycles. The van der Waals surface area contributed by atoms with Gasteiger partial charge in [-0.05, 0) is 55.7 Å². The SMILES string of the molecule is COc1ccc(C(=O)Nc2c(-c3ccn(C4CCCCO4)n3)ccnc2N2CCC(F)(F)C2)cc1. The predicted octanol–water partition coefficient (Wildman–Crippen LogP) is 4.75. The average molecular weight is 484 g/mol. The third-order valence-corrected chi connectivity index (χ3v) is 6.33. The molecule has 5 rings (SSSR count). The Hall–Kier alpha value is -3.53. The molecule has 1 atom stereocenters. The fourth-order valence-electron chi connectivity index (χ4n) is 4.45. The van der Waals surface area contributed by atoms with Crippen molar-refractivity contribution in [3.05, 3.63) is 54.4 Å². The van der Waals surface area contributed by atoms with Crippen molar-refractivity contribution in [3.8, 4) is 17.0 Å². The van der Waals surface area contributed by atoms with E-state index in [9.17, 15) is 13.6 Å². The zero-order valence-corrected chi connectivity index (χ0v) is 19.4. The zero-order chi connectivity index (χ0) is 24.4. The Kier molecular flexibility index (Phi) is 6.38. The maximum atomic E-state index is 14.0. The van der Waals surface area contributed by atoms with Gasteiger partial charge in [0.1, 0.15) is 12.0 Å². The predicted molar refractivity (Wildman–Crippen MR) is 127 cm³/mol. The van der Waals surface area contributed by atoms with Crippen LogP contribution in [0, 0.1) is 0 Å². The third kappa shape index (κ3) is 4.97. The number of anilines is 2. The Morgan fingerprint density at radius 3 is 2.71 bits per heavy atom. The zero-order valence-electron chi connectivity index (χ0n) is 19.4. The van der Waals surface area contributed by atoms with Gasteiger partial charge in [0.15, 0.2) is 5.82 Å². The highest BCUT2D eigenvalue weighted by Gasteiger charge is 2.40. The monoisotopic (exact) mass is 483 g/mol. The van der Waals surface area contributed by atoms with Crippen LogP contribution in [0.4, 0.5) is 20.3 Å². The van der Waals surface area contributed by atoms with Crippen molar-refractivity contribution in [1.29, 1.82) is 0 Å². The second kappa shape index (κ2) is 9.61. The van der Waals surface area contributed by atoms with Crippen LogP contribution in [0.25, 0.3) is 11.3 Å². The molecule has 184 valence electrons. The smallest absolute Gasteiger partial charge is 0.266 e. The van der Waals surface area contributed by atoms with E-state index in [2.05, 4.69) is 10.3 Å². The first-order valence-electron chi connectivity index (χ1n) is 11.7. The maximum Gasteiger partial charge on any atom is 0.266 e. The van der Waals surface area contributed by atoms with Gasteiger partial charge in [-0.3, -0.25) is 4.79 Å². The number of rotatable bonds is 6. The molecule has 1 amide bonds. The minimum Gasteiger partial charge on any atom is -0.497 e. The molecule has 0 radical (unpaired) electrons. The lowest BCUT2D eigenvalue weighted by molar-refractivity contribution is -0.0393. The number of hydrogen-bond donors (Lipinski definition) is 1. The second-order valence-electron chi connectivity index (χ2n) is 8.77. The highest BCUT2D eigenvalue weighted by molar-refractivity contribution is 6.08. The summed E-state index contributed by atoms with van der Waals surface area (Å²) < 4.78 is 40.9. The molecule has 2 aliphatic rings. The summed E-state index contributed by atoms with van der Waals surface area (Å²) in [5, 5.41) is 7.61. The van der Waals surface area contributed by atoms with Crippen LogP contribution < -0.4 is 15.0 Å². The molecule has 1 N–H and O–H groups in total. The lowest BCUT2D eigenvalue weighted by atomic mass is 10.1. The van der Waals surface area contributed by atoms with E-state index in [1.165, 1.54) is 4.90 Å². The molecule has 35 heavy (non-hydrogen) atoms. The largest absolute Gasteiger partial charge is 0.497 e. The summed E-state index contributed by atoms with van der Waals surface area (Å²) in [7, 11) is 1.55. The number of amides is 1. The average Bonchev–Trinajstić information content (AvgIpc) is 3.51. The maximum absolute atomic E-state index is 14.0. The van der Waals surface area contributed by atoms with Gasteiger partial charge in [-0.1, -0.05) is 0 Å². The van der Waals surface area contributed by atoms with E-state index < -0.39 is 12.5 Å². The van der Waals surface area contributed by atoms with Crippen molar-refractivity contribution in [1.82, 2.24) is 14.8 Å². The standard InChI is InChI=1S/C25H27F2N5O3/c1-34-18-7-5-17(6-8-18)24(33)29-22-19(9-12-28-23(22)31-14-11-25(26,27)16-31)20-10-13-32(30-20)21-4-2-3-15-35-21/h5-10,12-13,21H,2-4,11,14-16H2,1H3,(H,29,33). The molecule has 0 aliphatic carbocycles. The van der Waals surface area contributed by atoms with Crippen LogP contribution in [-0.2, 0) is 4.74 Å². The Bertz CT molecular complexity index is 1190. The van der Waals surface area contributed by atoms with Gasteiger partial charge >= 0.3 is 0 Å². The molecule has 2 aromatic heterocycles. The molecular weight excluding hydrogens is 456 g/mol. The van der Waals surface area contributed by atoms with E-state index in [1.807, 2.05) is 12.3 Å². The molecular formula is C25H27F2N5O3. The van der Waals surface area contributed by atoms with Crippen molar-refractivity contribution in [3.63, 3.8) is 0 Å². The van der Waals surface area contributed by atoms with Gasteiger partial charge in [0.2, 0.25) is 0 Å². The number of hydrogen-bond acceptors (Lipinski definition) is 6. The summed E-state index contributed by atoms with van der Waals surface area (Å²) in [6, 6.07) is 10.2. The van der Waals surface area contributed by atoms with Crippen LogP contribution >= 0.6 is 0 Å². The Morgan fingerprint density at radius 2 is 2.03 bits per heavy atom. The summed E-state index contributed by atoms with van der Waals surface area (Å²) in [6.07, 6.45) is 5.94. The molecule has 8 nitrogen and oxygen atoms in total. The molecule has 2 saturated heterocycles. The Labute approximate surface area is 201 Å². The lowest BCUT2D eigenvalue weighted by Crippen LogP contribution is -2.27. The summed E-state index contributed by atoms with van der Waals surface area (Å²) in [5.41, 5.74) is 1.95. The van der Waals surface area contributed by atoms with Crippen LogP contribution in [0.15, 0.2) is 48.8 Å². The third-order valence-electron chi connectivity index (χ3n) is 6.33. The minimum absolute atomic E-state index is 0.138. The number of nitrogens with zero attached hydrogens (tertiary/aromatic N) is 4. The van der Waals surface area contributed by atoms with E-state index in [0.717, 1.165) is 19.3 Å². The number of halogens is 2. The van der Waals surface area contributed by atoms with Crippen molar-refractivity contribution in [2.24, 2.45) is 0 Å². The van der Waals surface area contributed by atoms with E-state index in [4.69, 9.17) is 14.6 Å². The Balaban J connectivity index is 1.51. The molecule has 2 aliphatic heterocycles. The van der Waals surface area contributed by atoms with Gasteiger partial charge in [0.25, 0.3) is 11.8 Å². The Morgan fingerprint density at radius 1 is 1.20 bits per heavy atom. The molecule has 3 aromatic rings. The van der Waals surface area contributed by atoms with Crippen LogP contribution in [0.1, 0.15) is 42.3 Å². The number of pyridine rings is 1. The molecule has 1 aromatic carbocycles. The quantitative estimate of drug-likeness (QED) is 0.545. The van der Waals surface area contributed by atoms with Gasteiger partial charge in [0, 0.05) is 43.1 Å². The first-order chi connectivity index (χ1) is 16.9. The minimum atomic E-state index is -2.81. The van der Waals surface area contributed by atoms with E-state index in [0.29, 0.717) is 40.7 Å². The summed E-state index contributed by atoms with van der Waals surface area (Å²) in [4.78, 5) is 19.0. The fraction of sp³-hybridized carbons (Fsp3) is 0.400. The molecule has 0 bridgehead atoms. The van der Waals surface area contributed by atoms with Gasteiger partial charge < -0.3 is 19.7 Å². The fourth-order valence-corrected chi connectivity index (χ4v) is 4.45. The van der Waals surface area contributed by atoms with Gasteiger partial charge in [-0.25, -0.2) is 18.4 Å². The molecule has 1 unspecified atom stereocenters. The van der Waals surface area contributed by atoms with Crippen molar-refractivity contribution >= 4 is 17.4 Å². The topological polar surface area (TPSA) is 81.5 Å². The number of benzene rings is 1. The van der Waals surface area contributed by atoms with Crippen LogP contribution in [0.2, 0.25) is 0 Å². The van der Waals surface area contributed by atoms with Gasteiger partial charge in [-0.2, -0.15) is 5.10 Å².